The van der Waals surface area contributed by atoms with Gasteiger partial charge in [0, 0.05) is 17.2 Å². The van der Waals surface area contributed by atoms with Gasteiger partial charge in [0.1, 0.15) is 5.69 Å². The van der Waals surface area contributed by atoms with E-state index in [-0.39, 0.29) is 23.2 Å². The number of amides is 1. The zero-order valence-corrected chi connectivity index (χ0v) is 15.0. The van der Waals surface area contributed by atoms with Crippen molar-refractivity contribution < 1.29 is 28.7 Å². The van der Waals surface area contributed by atoms with Crippen LogP contribution in [-0.2, 0) is 14.3 Å². The number of nitro benzene ring substituents is 1. The van der Waals surface area contributed by atoms with Crippen molar-refractivity contribution in [1.29, 1.82) is 0 Å². The fourth-order valence-electron chi connectivity index (χ4n) is 2.31. The number of nitrogens with one attached hydrogen (secondary N) is 1. The number of rotatable bonds is 6. The SMILES string of the molecule is O=C(COC(=O)C=Cc1ccc2c(c1)OCO2)Nc1ccc(Cl)cc1[N+](=O)[O-]. The minimum Gasteiger partial charge on any atom is -0.454 e. The number of hydrogen-bond acceptors (Lipinski definition) is 7. The number of carbonyl (C=O) groups is 2. The van der Waals surface area contributed by atoms with E-state index in [2.05, 4.69) is 5.32 Å². The van der Waals surface area contributed by atoms with Gasteiger partial charge in [-0.1, -0.05) is 17.7 Å². The summed E-state index contributed by atoms with van der Waals surface area (Å²) >= 11 is 5.71. The van der Waals surface area contributed by atoms with Crippen LogP contribution in [0.3, 0.4) is 0 Å². The quantitative estimate of drug-likeness (QED) is 0.340. The van der Waals surface area contributed by atoms with Crippen LogP contribution in [0.15, 0.2) is 42.5 Å². The fraction of sp³-hybridized carbons (Fsp3) is 0.111. The molecule has 10 heteroatoms. The fourth-order valence-corrected chi connectivity index (χ4v) is 2.48. The molecule has 2 aromatic rings. The molecule has 1 aliphatic rings. The number of fused-ring (bicyclic) bond motifs is 1. The van der Waals surface area contributed by atoms with E-state index in [0.717, 1.165) is 12.1 Å². The van der Waals surface area contributed by atoms with Crippen LogP contribution in [0.1, 0.15) is 5.56 Å². The van der Waals surface area contributed by atoms with Gasteiger partial charge < -0.3 is 19.5 Å². The number of ether oxygens (including phenoxy) is 3. The topological polar surface area (TPSA) is 117 Å². The summed E-state index contributed by atoms with van der Waals surface area (Å²) in [6, 6.07) is 8.92. The highest BCUT2D eigenvalue weighted by molar-refractivity contribution is 6.31. The number of nitrogens with zero attached hydrogens (tertiary/aromatic N) is 1. The largest absolute Gasteiger partial charge is 0.454 e. The number of anilines is 1. The third kappa shape index (κ3) is 4.77. The average Bonchev–Trinajstić information content (AvgIpc) is 3.13. The molecule has 0 bridgehead atoms. The van der Waals surface area contributed by atoms with E-state index in [0.29, 0.717) is 17.1 Å². The van der Waals surface area contributed by atoms with E-state index in [9.17, 15) is 19.7 Å². The molecule has 0 atom stereocenters. The summed E-state index contributed by atoms with van der Waals surface area (Å²) in [7, 11) is 0. The van der Waals surface area contributed by atoms with Crippen LogP contribution in [0, 0.1) is 10.1 Å². The molecule has 1 amide bonds. The third-order valence-corrected chi connectivity index (χ3v) is 3.82. The molecule has 28 heavy (non-hydrogen) atoms. The first-order valence-electron chi connectivity index (χ1n) is 7.90. The molecule has 0 unspecified atom stereocenters. The number of nitro groups is 1. The monoisotopic (exact) mass is 404 g/mol. The van der Waals surface area contributed by atoms with Crippen LogP contribution in [0.5, 0.6) is 11.5 Å². The minimum absolute atomic E-state index is 0.0497. The molecule has 1 N–H and O–H groups in total. The predicted molar refractivity (Wildman–Crippen MR) is 99.3 cm³/mol. The lowest BCUT2D eigenvalue weighted by atomic mass is 10.2. The van der Waals surface area contributed by atoms with E-state index in [1.165, 1.54) is 18.2 Å². The zero-order chi connectivity index (χ0) is 20.1. The van der Waals surface area contributed by atoms with Crippen molar-refractivity contribution in [2.75, 3.05) is 18.7 Å². The Kier molecular flexibility index (Phi) is 5.75. The van der Waals surface area contributed by atoms with Gasteiger partial charge >= 0.3 is 5.97 Å². The molecule has 3 rings (SSSR count). The van der Waals surface area contributed by atoms with Crippen LogP contribution >= 0.6 is 11.6 Å². The van der Waals surface area contributed by atoms with Crippen molar-refractivity contribution >= 4 is 40.9 Å². The van der Waals surface area contributed by atoms with Gasteiger partial charge in [-0.15, -0.1) is 0 Å². The minimum atomic E-state index is -0.751. The highest BCUT2D eigenvalue weighted by atomic mass is 35.5. The number of benzene rings is 2. The van der Waals surface area contributed by atoms with Gasteiger partial charge in [-0.05, 0) is 35.9 Å². The molecule has 9 nitrogen and oxygen atoms in total. The first-order valence-corrected chi connectivity index (χ1v) is 8.28. The molecular formula is C18H13ClN2O7. The van der Waals surface area contributed by atoms with E-state index in [4.69, 9.17) is 25.8 Å². The van der Waals surface area contributed by atoms with Gasteiger partial charge in [0.25, 0.3) is 11.6 Å². The molecule has 1 aliphatic heterocycles. The number of hydrogen-bond donors (Lipinski definition) is 1. The van der Waals surface area contributed by atoms with Gasteiger partial charge in [-0.2, -0.15) is 0 Å². The lowest BCUT2D eigenvalue weighted by Gasteiger charge is -2.06. The van der Waals surface area contributed by atoms with E-state index >= 15 is 0 Å². The van der Waals surface area contributed by atoms with Gasteiger partial charge in [0.05, 0.1) is 4.92 Å². The molecule has 1 heterocycles. The third-order valence-electron chi connectivity index (χ3n) is 3.58. The van der Waals surface area contributed by atoms with Crippen LogP contribution < -0.4 is 14.8 Å². The summed E-state index contributed by atoms with van der Waals surface area (Å²) in [6.45, 7) is -0.463. The Morgan fingerprint density at radius 1 is 1.21 bits per heavy atom. The maximum atomic E-state index is 11.9. The maximum absolute atomic E-state index is 11.9. The maximum Gasteiger partial charge on any atom is 0.331 e. The molecule has 2 aromatic carbocycles. The highest BCUT2D eigenvalue weighted by Crippen LogP contribution is 2.32. The van der Waals surface area contributed by atoms with Crippen molar-refractivity contribution in [3.05, 3.63) is 63.2 Å². The molecule has 0 saturated carbocycles. The van der Waals surface area contributed by atoms with Gasteiger partial charge in [0.15, 0.2) is 18.1 Å². The summed E-state index contributed by atoms with van der Waals surface area (Å²) < 4.78 is 15.2. The molecule has 0 spiro atoms. The summed E-state index contributed by atoms with van der Waals surface area (Å²) in [6.07, 6.45) is 2.64. The van der Waals surface area contributed by atoms with Crippen LogP contribution in [0.25, 0.3) is 6.08 Å². The Bertz CT molecular complexity index is 974. The molecule has 0 aromatic heterocycles. The Balaban J connectivity index is 1.53. The molecule has 0 radical (unpaired) electrons. The second kappa shape index (κ2) is 8.40. The van der Waals surface area contributed by atoms with Crippen LogP contribution in [0.4, 0.5) is 11.4 Å². The zero-order valence-electron chi connectivity index (χ0n) is 14.2. The van der Waals surface area contributed by atoms with Gasteiger partial charge in [-0.3, -0.25) is 14.9 Å². The Morgan fingerprint density at radius 3 is 2.79 bits per heavy atom. The summed E-state index contributed by atoms with van der Waals surface area (Å²) in [5, 5.41) is 13.5. The van der Waals surface area contributed by atoms with E-state index in [1.807, 2.05) is 0 Å². The van der Waals surface area contributed by atoms with Crippen LogP contribution in [0.2, 0.25) is 5.02 Å². The van der Waals surface area contributed by atoms with Crippen molar-refractivity contribution in [1.82, 2.24) is 0 Å². The Hall–Kier alpha value is -3.59. The van der Waals surface area contributed by atoms with Crippen molar-refractivity contribution in [2.45, 2.75) is 0 Å². The number of halogens is 1. The molecule has 0 aliphatic carbocycles. The van der Waals surface area contributed by atoms with Crippen LogP contribution in [-0.4, -0.2) is 30.2 Å². The summed E-state index contributed by atoms with van der Waals surface area (Å²) in [5.41, 5.74) is 0.267. The standard InChI is InChI=1S/C18H13ClN2O7/c19-12-3-4-13(14(8-12)21(24)25)20-17(22)9-26-18(23)6-2-11-1-5-15-16(7-11)28-10-27-15/h1-8H,9-10H2,(H,20,22). The highest BCUT2D eigenvalue weighted by Gasteiger charge is 2.17. The first-order chi connectivity index (χ1) is 13.4. The smallest absolute Gasteiger partial charge is 0.331 e. The summed E-state index contributed by atoms with van der Waals surface area (Å²) in [5.74, 6) is -0.291. The second-order valence-electron chi connectivity index (χ2n) is 5.52. The van der Waals surface area contributed by atoms with E-state index in [1.54, 1.807) is 18.2 Å². The normalized spacial score (nSPS) is 12.0. The Labute approximate surface area is 163 Å². The first kappa shape index (κ1) is 19.2. The molecular weight excluding hydrogens is 392 g/mol. The van der Waals surface area contributed by atoms with Crippen molar-refractivity contribution in [3.8, 4) is 11.5 Å². The number of esters is 1. The summed E-state index contributed by atoms with van der Waals surface area (Å²) in [4.78, 5) is 34.0. The molecule has 0 saturated heterocycles. The molecule has 0 fully saturated rings. The van der Waals surface area contributed by atoms with E-state index < -0.39 is 23.4 Å². The molecule has 144 valence electrons. The van der Waals surface area contributed by atoms with Gasteiger partial charge in [-0.25, -0.2) is 4.79 Å². The average molecular weight is 405 g/mol. The number of carbonyl (C=O) groups excluding carboxylic acids is 2. The van der Waals surface area contributed by atoms with Crippen molar-refractivity contribution in [3.63, 3.8) is 0 Å². The van der Waals surface area contributed by atoms with Gasteiger partial charge in [0.2, 0.25) is 6.79 Å². The Morgan fingerprint density at radius 2 is 2.00 bits per heavy atom. The van der Waals surface area contributed by atoms with Crippen molar-refractivity contribution in [2.24, 2.45) is 0 Å². The lowest BCUT2D eigenvalue weighted by Crippen LogP contribution is -2.20. The second-order valence-corrected chi connectivity index (χ2v) is 5.96. The lowest BCUT2D eigenvalue weighted by molar-refractivity contribution is -0.383. The predicted octanol–water partition coefficient (Wildman–Crippen LogP) is 3.17.